The summed E-state index contributed by atoms with van der Waals surface area (Å²) in [6, 6.07) is 5.44. The zero-order chi connectivity index (χ0) is 15.5. The summed E-state index contributed by atoms with van der Waals surface area (Å²) in [5.41, 5.74) is -0.0933. The molecule has 1 aliphatic rings. The molecule has 0 aliphatic heterocycles. The number of carboxylic acids is 1. The molecule has 1 fully saturated rings. The Morgan fingerprint density at radius 1 is 1.38 bits per heavy atom. The highest BCUT2D eigenvalue weighted by Crippen LogP contribution is 2.43. The third-order valence-corrected chi connectivity index (χ3v) is 4.39. The average Bonchev–Trinajstić information content (AvgIpc) is 2.98. The van der Waals surface area contributed by atoms with Crippen molar-refractivity contribution in [3.8, 4) is 0 Å². The van der Waals surface area contributed by atoms with Gasteiger partial charge < -0.3 is 9.84 Å². The molecule has 1 aliphatic carbocycles. The largest absolute Gasteiger partial charge is 0.480 e. The number of carboxylic acid groups (broad SMARTS) is 1. The molecule has 5 heteroatoms. The van der Waals surface area contributed by atoms with E-state index in [4.69, 9.17) is 4.74 Å². The normalized spacial score (nSPS) is 18.2. The maximum atomic E-state index is 12.3. The number of aromatic nitrogens is 1. The first-order chi connectivity index (χ1) is 10.0. The van der Waals surface area contributed by atoms with Crippen LogP contribution in [0.25, 0.3) is 0 Å². The molecule has 1 N–H and O–H groups in total. The number of nitrogens with zero attached hydrogens (tertiary/aromatic N) is 1. The summed E-state index contributed by atoms with van der Waals surface area (Å²) in [4.78, 5) is 28.6. The molecule has 0 amide bonds. The molecular weight excluding hydrogens is 270 g/mol. The molecular formula is C16H21NO4. The van der Waals surface area contributed by atoms with Crippen LogP contribution in [0.15, 0.2) is 18.2 Å². The molecule has 1 aromatic heterocycles. The number of pyridine rings is 1. The van der Waals surface area contributed by atoms with E-state index in [2.05, 4.69) is 4.98 Å². The minimum atomic E-state index is -1.52. The van der Waals surface area contributed by atoms with Crippen LogP contribution in [0.3, 0.4) is 0 Å². The summed E-state index contributed by atoms with van der Waals surface area (Å²) < 4.78 is 4.84. The molecule has 1 aromatic rings. The molecule has 0 aromatic carbocycles. The van der Waals surface area contributed by atoms with Crippen molar-refractivity contribution in [3.63, 3.8) is 0 Å². The number of carbonyl (C=O) groups excluding carboxylic acids is 1. The van der Waals surface area contributed by atoms with E-state index in [9.17, 15) is 14.7 Å². The van der Waals surface area contributed by atoms with Crippen LogP contribution in [0.5, 0.6) is 0 Å². The number of aliphatic carboxylic acids is 1. The molecule has 0 radical (unpaired) electrons. The van der Waals surface area contributed by atoms with Crippen molar-refractivity contribution in [3.05, 3.63) is 29.6 Å². The molecule has 0 bridgehead atoms. The van der Waals surface area contributed by atoms with Gasteiger partial charge in [0.25, 0.3) is 0 Å². The lowest BCUT2D eigenvalue weighted by Gasteiger charge is -2.32. The molecule has 0 saturated heterocycles. The first kappa shape index (κ1) is 15.5. The predicted molar refractivity (Wildman–Crippen MR) is 76.7 cm³/mol. The van der Waals surface area contributed by atoms with Crippen LogP contribution in [0.2, 0.25) is 0 Å². The van der Waals surface area contributed by atoms with Crippen LogP contribution in [-0.2, 0) is 20.7 Å². The molecule has 1 saturated carbocycles. The second-order valence-electron chi connectivity index (χ2n) is 5.70. The average molecular weight is 291 g/mol. The van der Waals surface area contributed by atoms with E-state index in [0.29, 0.717) is 5.69 Å². The summed E-state index contributed by atoms with van der Waals surface area (Å²) in [5.74, 6) is -1.96. The Hall–Kier alpha value is -1.91. The van der Waals surface area contributed by atoms with Gasteiger partial charge in [0.15, 0.2) is 5.41 Å². The Labute approximate surface area is 124 Å². The molecule has 21 heavy (non-hydrogen) atoms. The smallest absolute Gasteiger partial charge is 0.323 e. The second-order valence-corrected chi connectivity index (χ2v) is 5.70. The van der Waals surface area contributed by atoms with Crippen molar-refractivity contribution in [1.29, 1.82) is 0 Å². The van der Waals surface area contributed by atoms with Gasteiger partial charge in [0.2, 0.25) is 0 Å². The van der Waals surface area contributed by atoms with E-state index in [1.807, 2.05) is 19.1 Å². The van der Waals surface area contributed by atoms with Crippen molar-refractivity contribution in [2.75, 3.05) is 7.11 Å². The molecule has 2 rings (SSSR count). The van der Waals surface area contributed by atoms with Crippen LogP contribution in [0.4, 0.5) is 0 Å². The fourth-order valence-electron chi connectivity index (χ4n) is 3.31. The summed E-state index contributed by atoms with van der Waals surface area (Å²) >= 11 is 0. The molecule has 0 spiro atoms. The lowest BCUT2D eigenvalue weighted by molar-refractivity contribution is -0.171. The van der Waals surface area contributed by atoms with Gasteiger partial charge in [-0.1, -0.05) is 18.9 Å². The van der Waals surface area contributed by atoms with Crippen LogP contribution in [0, 0.1) is 18.3 Å². The Morgan fingerprint density at radius 2 is 2.05 bits per heavy atom. The number of hydrogen-bond acceptors (Lipinski definition) is 4. The van der Waals surface area contributed by atoms with Crippen molar-refractivity contribution in [1.82, 2.24) is 4.98 Å². The highest BCUT2D eigenvalue weighted by atomic mass is 16.5. The number of methoxy groups -OCH3 is 1. The van der Waals surface area contributed by atoms with Crippen LogP contribution >= 0.6 is 0 Å². The molecule has 5 nitrogen and oxygen atoms in total. The standard InChI is InChI=1S/C16H21NO4/c1-11-6-5-9-13(17-11)10-16(14(18)19,15(20)21-2)12-7-3-4-8-12/h5-6,9,12H,3-4,7-8,10H2,1-2H3,(H,18,19). The van der Waals surface area contributed by atoms with E-state index in [-0.39, 0.29) is 12.3 Å². The third-order valence-electron chi connectivity index (χ3n) is 4.39. The molecule has 1 atom stereocenters. The van der Waals surface area contributed by atoms with Crippen LogP contribution < -0.4 is 0 Å². The zero-order valence-electron chi connectivity index (χ0n) is 12.5. The van der Waals surface area contributed by atoms with Crippen LogP contribution in [-0.4, -0.2) is 29.1 Å². The number of ether oxygens (including phenoxy) is 1. The van der Waals surface area contributed by atoms with E-state index >= 15 is 0 Å². The highest BCUT2D eigenvalue weighted by Gasteiger charge is 2.54. The third kappa shape index (κ3) is 2.91. The van der Waals surface area contributed by atoms with Gasteiger partial charge in [-0.3, -0.25) is 14.6 Å². The summed E-state index contributed by atoms with van der Waals surface area (Å²) in [5, 5.41) is 9.79. The predicted octanol–water partition coefficient (Wildman–Crippen LogP) is 2.37. The van der Waals surface area contributed by atoms with E-state index < -0.39 is 17.4 Å². The molecule has 114 valence electrons. The SMILES string of the molecule is COC(=O)C(Cc1cccc(C)n1)(C(=O)O)C1CCCC1. The van der Waals surface area contributed by atoms with Gasteiger partial charge in [-0.2, -0.15) is 0 Å². The lowest BCUT2D eigenvalue weighted by Crippen LogP contribution is -2.47. The Bertz CT molecular complexity index is 537. The summed E-state index contributed by atoms with van der Waals surface area (Å²) in [6.45, 7) is 1.85. The maximum absolute atomic E-state index is 12.3. The van der Waals surface area contributed by atoms with Crippen molar-refractivity contribution in [2.24, 2.45) is 11.3 Å². The Balaban J connectivity index is 2.42. The van der Waals surface area contributed by atoms with Crippen LogP contribution in [0.1, 0.15) is 37.1 Å². The number of esters is 1. The fourth-order valence-corrected chi connectivity index (χ4v) is 3.31. The van der Waals surface area contributed by atoms with Crippen molar-refractivity contribution in [2.45, 2.75) is 39.0 Å². The summed E-state index contributed by atoms with van der Waals surface area (Å²) in [7, 11) is 1.25. The van der Waals surface area contributed by atoms with Gasteiger partial charge in [0, 0.05) is 17.8 Å². The second kappa shape index (κ2) is 6.24. The number of aryl methyl sites for hydroxylation is 1. The fraction of sp³-hybridized carbons (Fsp3) is 0.562. The Morgan fingerprint density at radius 3 is 2.57 bits per heavy atom. The minimum absolute atomic E-state index is 0.0847. The zero-order valence-corrected chi connectivity index (χ0v) is 12.5. The van der Waals surface area contributed by atoms with Gasteiger partial charge in [-0.05, 0) is 37.8 Å². The van der Waals surface area contributed by atoms with Crippen molar-refractivity contribution >= 4 is 11.9 Å². The number of hydrogen-bond donors (Lipinski definition) is 1. The van der Waals surface area contributed by atoms with E-state index in [0.717, 1.165) is 31.4 Å². The van der Waals surface area contributed by atoms with E-state index in [1.54, 1.807) is 6.07 Å². The van der Waals surface area contributed by atoms with Gasteiger partial charge in [0.1, 0.15) is 0 Å². The maximum Gasteiger partial charge on any atom is 0.323 e. The monoisotopic (exact) mass is 291 g/mol. The van der Waals surface area contributed by atoms with Gasteiger partial charge in [-0.25, -0.2) is 0 Å². The van der Waals surface area contributed by atoms with Gasteiger partial charge in [-0.15, -0.1) is 0 Å². The molecule has 1 heterocycles. The van der Waals surface area contributed by atoms with E-state index in [1.165, 1.54) is 7.11 Å². The quantitative estimate of drug-likeness (QED) is 0.665. The first-order valence-corrected chi connectivity index (χ1v) is 7.25. The lowest BCUT2D eigenvalue weighted by atomic mass is 9.71. The van der Waals surface area contributed by atoms with Gasteiger partial charge in [0.05, 0.1) is 7.11 Å². The first-order valence-electron chi connectivity index (χ1n) is 7.25. The number of rotatable bonds is 5. The van der Waals surface area contributed by atoms with Crippen molar-refractivity contribution < 1.29 is 19.4 Å². The number of carbonyl (C=O) groups is 2. The van der Waals surface area contributed by atoms with Gasteiger partial charge >= 0.3 is 11.9 Å². The summed E-state index contributed by atoms with van der Waals surface area (Å²) in [6.07, 6.45) is 3.48. The highest BCUT2D eigenvalue weighted by molar-refractivity contribution is 5.99. The topological polar surface area (TPSA) is 76.5 Å². The minimum Gasteiger partial charge on any atom is -0.480 e. The molecule has 1 unspecified atom stereocenters. The Kier molecular flexibility index (Phi) is 4.60.